The maximum absolute atomic E-state index is 13.1. The lowest BCUT2D eigenvalue weighted by Crippen LogP contribution is -2.44. The molecule has 2 rings (SSSR count). The predicted octanol–water partition coefficient (Wildman–Crippen LogP) is 6.44. The lowest BCUT2D eigenvalue weighted by Gasteiger charge is -2.38. The fourth-order valence-corrected chi connectivity index (χ4v) is 10.1. The van der Waals surface area contributed by atoms with Crippen LogP contribution >= 0.6 is 0 Å². The topological polar surface area (TPSA) is 42.0 Å². The molecule has 0 atom stereocenters. The van der Waals surface area contributed by atoms with Gasteiger partial charge in [0.1, 0.15) is 13.7 Å². The summed E-state index contributed by atoms with van der Waals surface area (Å²) in [6, 6.07) is 11.7. The van der Waals surface area contributed by atoms with E-state index < -0.39 is 13.7 Å². The number of ether oxygens (including phenoxy) is 2. The number of nitrogens with zero attached hydrogens (tertiary/aromatic N) is 2. The Hall–Kier alpha value is -1.97. The van der Waals surface area contributed by atoms with Gasteiger partial charge in [0, 0.05) is 24.8 Å². The number of anilines is 1. The fraction of sp³-hybridized carbons (Fsp3) is 0.667. The van der Waals surface area contributed by atoms with Gasteiger partial charge in [-0.2, -0.15) is 0 Å². The molecule has 0 spiro atoms. The standard InChI is InChI=1S/C27H44N2O3Si/c1-21(2)33(22(3)4,23(5)6)19-16-29(26(30)32-27(7,8)9)20-24-10-12-25(13-11-24)28-14-17-31-18-15-28/h10-13,21-23H,14-15,17-18,20H2,1-9H3. The molecule has 0 aromatic heterocycles. The van der Waals surface area contributed by atoms with Gasteiger partial charge < -0.3 is 14.4 Å². The number of hydrogen-bond acceptors (Lipinski definition) is 4. The third-order valence-corrected chi connectivity index (χ3v) is 12.8. The Morgan fingerprint density at radius 1 is 1.03 bits per heavy atom. The van der Waals surface area contributed by atoms with E-state index in [0.717, 1.165) is 31.9 Å². The van der Waals surface area contributed by atoms with E-state index in [1.807, 2.05) is 20.8 Å². The van der Waals surface area contributed by atoms with E-state index in [4.69, 9.17) is 9.47 Å². The van der Waals surface area contributed by atoms with E-state index in [9.17, 15) is 4.79 Å². The Morgan fingerprint density at radius 2 is 1.55 bits per heavy atom. The molecule has 6 heteroatoms. The molecule has 0 bridgehead atoms. The van der Waals surface area contributed by atoms with Gasteiger partial charge in [-0.25, -0.2) is 9.69 Å². The number of benzene rings is 1. The van der Waals surface area contributed by atoms with Crippen LogP contribution in [0.1, 0.15) is 67.9 Å². The maximum Gasteiger partial charge on any atom is 0.422 e. The van der Waals surface area contributed by atoms with E-state index in [1.54, 1.807) is 4.90 Å². The minimum absolute atomic E-state index is 0.383. The molecule has 1 heterocycles. The summed E-state index contributed by atoms with van der Waals surface area (Å²) in [5.41, 5.74) is 6.82. The molecule has 0 radical (unpaired) electrons. The molecular formula is C27H44N2O3Si. The van der Waals surface area contributed by atoms with Crippen molar-refractivity contribution in [2.24, 2.45) is 0 Å². The lowest BCUT2D eigenvalue weighted by atomic mass is 10.1. The average Bonchev–Trinajstić information content (AvgIpc) is 2.72. The van der Waals surface area contributed by atoms with Crippen molar-refractivity contribution in [1.82, 2.24) is 4.90 Å². The smallest absolute Gasteiger partial charge is 0.422 e. The molecule has 1 saturated heterocycles. The predicted molar refractivity (Wildman–Crippen MR) is 140 cm³/mol. The molecular weight excluding hydrogens is 428 g/mol. The molecule has 1 aliphatic heterocycles. The number of carbonyl (C=O) groups excluding carboxylic acids is 1. The van der Waals surface area contributed by atoms with Crippen LogP contribution < -0.4 is 4.90 Å². The molecule has 0 aliphatic carbocycles. The van der Waals surface area contributed by atoms with Crippen LogP contribution in [-0.4, -0.2) is 51.0 Å². The average molecular weight is 473 g/mol. The van der Waals surface area contributed by atoms with Gasteiger partial charge in [-0.05, 0) is 55.1 Å². The van der Waals surface area contributed by atoms with Crippen molar-refractivity contribution >= 4 is 19.9 Å². The summed E-state index contributed by atoms with van der Waals surface area (Å²) in [7, 11) is -1.97. The summed E-state index contributed by atoms with van der Waals surface area (Å²) in [5, 5.41) is 0. The third-order valence-electron chi connectivity index (χ3n) is 6.54. The molecule has 5 nitrogen and oxygen atoms in total. The Bertz CT molecular complexity index is 804. The van der Waals surface area contributed by atoms with Gasteiger partial charge in [0.2, 0.25) is 0 Å². The van der Waals surface area contributed by atoms with Crippen molar-refractivity contribution < 1.29 is 14.3 Å². The highest BCUT2D eigenvalue weighted by molar-refractivity contribution is 6.90. The molecule has 1 aromatic rings. The van der Waals surface area contributed by atoms with Crippen molar-refractivity contribution in [3.63, 3.8) is 0 Å². The van der Waals surface area contributed by atoms with E-state index in [0.29, 0.717) is 23.2 Å². The zero-order chi connectivity index (χ0) is 24.8. The highest BCUT2D eigenvalue weighted by Gasteiger charge is 2.42. The third kappa shape index (κ3) is 7.25. The minimum atomic E-state index is -1.97. The zero-order valence-electron chi connectivity index (χ0n) is 22.2. The monoisotopic (exact) mass is 472 g/mol. The van der Waals surface area contributed by atoms with Gasteiger partial charge in [-0.3, -0.25) is 0 Å². The summed E-state index contributed by atoms with van der Waals surface area (Å²) in [5.74, 6) is 0. The minimum Gasteiger partial charge on any atom is -0.443 e. The summed E-state index contributed by atoms with van der Waals surface area (Å²) in [6.07, 6.45) is -0.383. The van der Waals surface area contributed by atoms with Gasteiger partial charge in [-0.1, -0.05) is 53.7 Å². The Kier molecular flexibility index (Phi) is 9.45. The number of amides is 1. The summed E-state index contributed by atoms with van der Waals surface area (Å²) >= 11 is 0. The van der Waals surface area contributed by atoms with Gasteiger partial charge >= 0.3 is 6.09 Å². The van der Waals surface area contributed by atoms with Gasteiger partial charge in [0.15, 0.2) is 0 Å². The summed E-state index contributed by atoms with van der Waals surface area (Å²) in [4.78, 5) is 17.0. The van der Waals surface area contributed by atoms with Crippen LogP contribution in [0.4, 0.5) is 10.5 Å². The van der Waals surface area contributed by atoms with Crippen LogP contribution in [0, 0.1) is 11.6 Å². The molecule has 1 amide bonds. The van der Waals surface area contributed by atoms with Gasteiger partial charge in [0.05, 0.1) is 19.8 Å². The molecule has 33 heavy (non-hydrogen) atoms. The second-order valence-electron chi connectivity index (χ2n) is 11.0. The second-order valence-corrected chi connectivity index (χ2v) is 16.5. The van der Waals surface area contributed by atoms with Gasteiger partial charge in [-0.15, -0.1) is 5.54 Å². The van der Waals surface area contributed by atoms with Crippen LogP contribution in [0.3, 0.4) is 0 Å². The highest BCUT2D eigenvalue weighted by Crippen LogP contribution is 2.40. The van der Waals surface area contributed by atoms with Crippen molar-refractivity contribution in [3.05, 3.63) is 29.8 Å². The van der Waals surface area contributed by atoms with E-state index >= 15 is 0 Å². The Labute approximate surface area is 202 Å². The first kappa shape index (κ1) is 27.3. The van der Waals surface area contributed by atoms with Gasteiger partial charge in [0.25, 0.3) is 0 Å². The SMILES string of the molecule is CC(C)[Si](C#CN(Cc1ccc(N2CCOCC2)cc1)C(=O)OC(C)(C)C)(C(C)C)C(C)C. The normalized spacial score (nSPS) is 15.0. The van der Waals surface area contributed by atoms with Crippen molar-refractivity contribution in [2.45, 2.75) is 91.1 Å². The Morgan fingerprint density at radius 3 is 2.00 bits per heavy atom. The highest BCUT2D eigenvalue weighted by atomic mass is 28.3. The quantitative estimate of drug-likeness (QED) is 0.271. The zero-order valence-corrected chi connectivity index (χ0v) is 23.2. The number of carbonyl (C=O) groups is 1. The summed E-state index contributed by atoms with van der Waals surface area (Å²) in [6.45, 7) is 23.1. The number of morpholine rings is 1. The Balaban J connectivity index is 2.33. The molecule has 1 aromatic carbocycles. The molecule has 0 saturated carbocycles. The number of hydrogen-bond donors (Lipinski definition) is 0. The maximum atomic E-state index is 13.1. The molecule has 184 valence electrons. The van der Waals surface area contributed by atoms with Crippen LogP contribution in [0.2, 0.25) is 16.6 Å². The van der Waals surface area contributed by atoms with Crippen molar-refractivity contribution in [3.8, 4) is 11.6 Å². The first-order chi connectivity index (χ1) is 15.4. The van der Waals surface area contributed by atoms with Crippen molar-refractivity contribution in [2.75, 3.05) is 31.2 Å². The summed E-state index contributed by atoms with van der Waals surface area (Å²) < 4.78 is 11.2. The first-order valence-electron chi connectivity index (χ1n) is 12.3. The van der Waals surface area contributed by atoms with Crippen LogP contribution in [0.25, 0.3) is 0 Å². The number of rotatable bonds is 6. The first-order valence-corrected chi connectivity index (χ1v) is 14.5. The fourth-order valence-electron chi connectivity index (χ4n) is 4.88. The lowest BCUT2D eigenvalue weighted by molar-refractivity contribution is 0.0341. The van der Waals surface area contributed by atoms with Crippen LogP contribution in [0.5, 0.6) is 0 Å². The van der Waals surface area contributed by atoms with E-state index in [-0.39, 0.29) is 6.09 Å². The molecule has 0 N–H and O–H groups in total. The van der Waals surface area contributed by atoms with Crippen molar-refractivity contribution in [1.29, 1.82) is 0 Å². The largest absolute Gasteiger partial charge is 0.443 e. The van der Waals surface area contributed by atoms with Crippen LogP contribution in [0.15, 0.2) is 24.3 Å². The molecule has 0 unspecified atom stereocenters. The second kappa shape index (κ2) is 11.4. The van der Waals surface area contributed by atoms with Crippen LogP contribution in [-0.2, 0) is 16.0 Å². The van der Waals surface area contributed by atoms with E-state index in [2.05, 4.69) is 82.3 Å². The van der Waals surface area contributed by atoms with E-state index in [1.165, 1.54) is 5.69 Å². The molecule has 1 aliphatic rings. The molecule has 1 fully saturated rings.